The summed E-state index contributed by atoms with van der Waals surface area (Å²) in [6, 6.07) is 7.96. The highest BCUT2D eigenvalue weighted by Crippen LogP contribution is 2.82. The van der Waals surface area contributed by atoms with Crippen molar-refractivity contribution in [3.63, 3.8) is 0 Å². The molecular weight excluding hydrogens is 500 g/mol. The van der Waals surface area contributed by atoms with Gasteiger partial charge in [-0.2, -0.15) is 0 Å². The van der Waals surface area contributed by atoms with Crippen molar-refractivity contribution in [2.45, 2.75) is 110 Å². The molecule has 1 aromatic rings. The van der Waals surface area contributed by atoms with E-state index in [0.717, 1.165) is 28.2 Å². The molecule has 1 N–H and O–H groups in total. The molecule has 3 nitrogen and oxygen atoms in total. The highest BCUT2D eigenvalue weighted by atomic mass is 32.2. The summed E-state index contributed by atoms with van der Waals surface area (Å²) >= 11 is 0. The van der Waals surface area contributed by atoms with Crippen LogP contribution in [-0.4, -0.2) is 28.6 Å². The van der Waals surface area contributed by atoms with Gasteiger partial charge in [0.25, 0.3) is 0 Å². The van der Waals surface area contributed by atoms with E-state index in [1.54, 1.807) is 0 Å². The lowest BCUT2D eigenvalue weighted by Gasteiger charge is -2.61. The molecule has 5 fully saturated rings. The van der Waals surface area contributed by atoms with E-state index < -0.39 is 16.9 Å². The molecule has 0 unspecified atom stereocenters. The molecule has 6 rings (SSSR count). The van der Waals surface area contributed by atoms with Gasteiger partial charge in [-0.15, -0.1) is 0 Å². The molecule has 5 aliphatic rings. The molecule has 0 heterocycles. The van der Waals surface area contributed by atoms with Crippen LogP contribution in [0.1, 0.15) is 91.5 Å². The summed E-state index contributed by atoms with van der Waals surface area (Å²) in [6.07, 6.45) is 12.3. The summed E-state index contributed by atoms with van der Waals surface area (Å²) in [5, 5.41) is 11.9. The molecule has 12 atom stereocenters. The molecule has 4 heteroatoms. The Morgan fingerprint density at radius 2 is 1.77 bits per heavy atom. The largest absolute Gasteiger partial charge is 0.387 e. The smallest absolute Gasteiger partial charge is 0.0902 e. The molecule has 0 bridgehead atoms. The first kappa shape index (κ1) is 28.2. The van der Waals surface area contributed by atoms with Crippen molar-refractivity contribution in [2.75, 3.05) is 7.11 Å². The number of benzene rings is 1. The van der Waals surface area contributed by atoms with Crippen LogP contribution < -0.4 is 0 Å². The van der Waals surface area contributed by atoms with Crippen LogP contribution in [0.25, 0.3) is 0 Å². The Kier molecular flexibility index (Phi) is 7.08. The van der Waals surface area contributed by atoms with E-state index in [1.807, 2.05) is 31.4 Å². The maximum atomic E-state index is 13.8. The van der Waals surface area contributed by atoms with Gasteiger partial charge in [0.15, 0.2) is 0 Å². The number of aryl methyl sites for hydroxylation is 1. The minimum Gasteiger partial charge on any atom is -0.387 e. The highest BCUT2D eigenvalue weighted by Gasteiger charge is 2.77. The number of aliphatic hydroxyl groups is 1. The second kappa shape index (κ2) is 9.80. The van der Waals surface area contributed by atoms with Gasteiger partial charge in [-0.25, -0.2) is 4.21 Å². The quantitative estimate of drug-likeness (QED) is 0.374. The third-order valence-electron chi connectivity index (χ3n) is 13.3. The van der Waals surface area contributed by atoms with Crippen molar-refractivity contribution in [3.05, 3.63) is 40.8 Å². The number of ether oxygens (including phenoxy) is 1. The average Bonchev–Trinajstić information content (AvgIpc) is 3.42. The molecule has 216 valence electrons. The highest BCUT2D eigenvalue weighted by molar-refractivity contribution is 7.89. The maximum Gasteiger partial charge on any atom is 0.0902 e. The van der Waals surface area contributed by atoms with Crippen LogP contribution in [0, 0.1) is 64.6 Å². The number of hydrogen-bond acceptors (Lipinski definition) is 3. The fourth-order valence-corrected chi connectivity index (χ4v) is 12.8. The second-order valence-corrected chi connectivity index (χ2v) is 16.6. The molecule has 1 aromatic carbocycles. The second-order valence-electron chi connectivity index (χ2n) is 15.2. The Hall–Kier alpha value is -0.970. The van der Waals surface area contributed by atoms with Crippen molar-refractivity contribution in [1.82, 2.24) is 0 Å². The van der Waals surface area contributed by atoms with E-state index in [9.17, 15) is 9.32 Å². The molecule has 0 aliphatic heterocycles. The van der Waals surface area contributed by atoms with Crippen molar-refractivity contribution >= 4 is 10.8 Å². The minimum absolute atomic E-state index is 0.0824. The van der Waals surface area contributed by atoms with Gasteiger partial charge in [0.1, 0.15) is 0 Å². The summed E-state index contributed by atoms with van der Waals surface area (Å²) in [7, 11) is 0.624. The van der Waals surface area contributed by atoms with Gasteiger partial charge in [0, 0.05) is 22.3 Å². The molecule has 39 heavy (non-hydrogen) atoms. The van der Waals surface area contributed by atoms with E-state index in [1.165, 1.54) is 51.4 Å². The van der Waals surface area contributed by atoms with Gasteiger partial charge >= 0.3 is 0 Å². The first-order valence-corrected chi connectivity index (χ1v) is 17.0. The van der Waals surface area contributed by atoms with Crippen LogP contribution in [0.15, 0.2) is 40.1 Å². The van der Waals surface area contributed by atoms with E-state index >= 15 is 0 Å². The van der Waals surface area contributed by atoms with Gasteiger partial charge in [-0.1, -0.05) is 58.4 Å². The number of rotatable bonds is 7. The lowest BCUT2D eigenvalue weighted by Crippen LogP contribution is -2.57. The summed E-state index contributed by atoms with van der Waals surface area (Å²) in [4.78, 5) is 1.50. The zero-order valence-electron chi connectivity index (χ0n) is 25.4. The van der Waals surface area contributed by atoms with Crippen LogP contribution in [0.2, 0.25) is 0 Å². The fraction of sp³-hybridized carbons (Fsp3) is 0.771. The Morgan fingerprint density at radius 3 is 2.41 bits per heavy atom. The maximum absolute atomic E-state index is 13.8. The van der Waals surface area contributed by atoms with Gasteiger partial charge in [0.05, 0.1) is 23.0 Å². The summed E-state index contributed by atoms with van der Waals surface area (Å²) in [5.74, 6) is 3.96. The fourth-order valence-electron chi connectivity index (χ4n) is 11.4. The zero-order chi connectivity index (χ0) is 27.9. The first-order chi connectivity index (χ1) is 18.5. The molecule has 0 saturated heterocycles. The van der Waals surface area contributed by atoms with Crippen LogP contribution in [0.3, 0.4) is 0 Å². The number of fused-ring (bicyclic) bond motifs is 4. The predicted molar refractivity (Wildman–Crippen MR) is 160 cm³/mol. The number of aliphatic hydroxyl groups excluding tert-OH is 1. The van der Waals surface area contributed by atoms with E-state index in [2.05, 4.69) is 47.6 Å². The Morgan fingerprint density at radius 1 is 1.05 bits per heavy atom. The minimum atomic E-state index is -1.35. The van der Waals surface area contributed by atoms with Crippen molar-refractivity contribution < 1.29 is 14.1 Å². The van der Waals surface area contributed by atoms with Gasteiger partial charge in [0.2, 0.25) is 0 Å². The van der Waals surface area contributed by atoms with Gasteiger partial charge in [-0.05, 0) is 123 Å². The Bertz CT molecular complexity index is 1140. The van der Waals surface area contributed by atoms with Gasteiger partial charge in [-0.3, -0.25) is 0 Å². The summed E-state index contributed by atoms with van der Waals surface area (Å²) in [5.41, 5.74) is 2.31. The van der Waals surface area contributed by atoms with E-state index in [-0.39, 0.29) is 17.3 Å². The molecule has 0 amide bonds. The zero-order valence-corrected chi connectivity index (χ0v) is 26.2. The average molecular weight is 553 g/mol. The standard InChI is InChI=1S/C35H52O3S/c1-21(2)18-30(39(37)25-10-8-22(3)9-11-25)32(36)23(4)27-12-13-28-26-19-31(38-7)35-20-24(35)14-17-34(35,6)29(26)15-16-33(27,28)5/h8-11,18,21,23-24,26-29,31-32,36H,12-17,19-20H2,1-7H3/b30-18+/t23-,24+,26-,27+,28-,29-,31+,32-,33+,34+,35-,39-/m0/s1. The Balaban J connectivity index is 1.26. The Labute approximate surface area is 240 Å². The molecule has 1 spiro atoms. The SMILES string of the molecule is CO[C@@H]1C[C@H]2[C@@H]3CC[C@H]([C@H](C)[C@H](O)/C(=C\C(C)C)[S@@](=O)c4ccc(C)cc4)[C@@]3(C)CC[C@@H]2[C@@]2(C)CC[C@@H]3C[C@]312. The van der Waals surface area contributed by atoms with Crippen LogP contribution >= 0.6 is 0 Å². The van der Waals surface area contributed by atoms with E-state index in [4.69, 9.17) is 4.74 Å². The third kappa shape index (κ3) is 4.04. The summed E-state index contributed by atoms with van der Waals surface area (Å²) in [6.45, 7) is 13.7. The summed E-state index contributed by atoms with van der Waals surface area (Å²) < 4.78 is 20.1. The molecule has 0 radical (unpaired) electrons. The first-order valence-electron chi connectivity index (χ1n) is 15.9. The lowest BCUT2D eigenvalue weighted by molar-refractivity contribution is -0.162. The van der Waals surface area contributed by atoms with E-state index in [0.29, 0.717) is 33.7 Å². The van der Waals surface area contributed by atoms with Crippen LogP contribution in [0.5, 0.6) is 0 Å². The van der Waals surface area contributed by atoms with Gasteiger partial charge < -0.3 is 9.84 Å². The predicted octanol–water partition coefficient (Wildman–Crippen LogP) is 7.92. The van der Waals surface area contributed by atoms with Crippen LogP contribution in [0.4, 0.5) is 0 Å². The topological polar surface area (TPSA) is 46.5 Å². The number of allylic oxidation sites excluding steroid dienone is 1. The molecule has 0 aromatic heterocycles. The third-order valence-corrected chi connectivity index (χ3v) is 14.8. The monoisotopic (exact) mass is 552 g/mol. The van der Waals surface area contributed by atoms with Crippen LogP contribution in [-0.2, 0) is 15.5 Å². The molecule has 5 aliphatic carbocycles. The molecule has 5 saturated carbocycles. The normalized spacial score (nSPS) is 45.2. The number of methoxy groups -OCH3 is 1. The van der Waals surface area contributed by atoms with Crippen molar-refractivity contribution in [1.29, 1.82) is 0 Å². The van der Waals surface area contributed by atoms with Crippen molar-refractivity contribution in [3.8, 4) is 0 Å². The number of hydrogen-bond donors (Lipinski definition) is 1. The lowest BCUT2D eigenvalue weighted by atomic mass is 9.45. The molecular formula is C35H52O3S. The van der Waals surface area contributed by atoms with Crippen molar-refractivity contribution in [2.24, 2.45) is 57.7 Å².